The van der Waals surface area contributed by atoms with Gasteiger partial charge in [0, 0.05) is 7.05 Å². The molecule has 0 aromatic carbocycles. The van der Waals surface area contributed by atoms with E-state index in [4.69, 9.17) is 5.11 Å². The van der Waals surface area contributed by atoms with Crippen LogP contribution >= 0.6 is 0 Å². The number of halogens is 3. The average Bonchev–Trinajstić information content (AvgIpc) is 2.86. The quantitative estimate of drug-likeness (QED) is 0.715. The topological polar surface area (TPSA) is 115 Å². The van der Waals surface area contributed by atoms with E-state index in [1.807, 2.05) is 0 Å². The van der Waals surface area contributed by atoms with Crippen LogP contribution in [0.15, 0.2) is 29.5 Å². The number of anilines is 2. The molecule has 0 saturated heterocycles. The van der Waals surface area contributed by atoms with Gasteiger partial charge in [-0.05, 0) is 12.1 Å². The number of hydrogen-bond acceptors (Lipinski definition) is 6. The Morgan fingerprint density at radius 2 is 2.04 bits per heavy atom. The molecule has 0 atom stereocenters. The molecule has 3 aromatic heterocycles. The molecular weight excluding hydrogens is 357 g/mol. The number of nitrogens with one attached hydrogen (secondary N) is 1. The number of nitrogens with zero attached hydrogens (tertiary/aromatic N) is 5. The molecule has 2 N–H and O–H groups in total. The van der Waals surface area contributed by atoms with Gasteiger partial charge in [-0.25, -0.2) is 9.97 Å². The number of fused-ring (bicyclic) bond motifs is 1. The van der Waals surface area contributed by atoms with Crippen molar-refractivity contribution in [3.05, 3.63) is 40.7 Å². The molecule has 0 saturated carbocycles. The zero-order valence-electron chi connectivity index (χ0n) is 13.2. The van der Waals surface area contributed by atoms with Gasteiger partial charge in [-0.3, -0.25) is 18.8 Å². The number of alkyl halides is 3. The fourth-order valence-electron chi connectivity index (χ4n) is 2.31. The molecule has 3 heterocycles. The minimum atomic E-state index is -4.55. The van der Waals surface area contributed by atoms with Gasteiger partial charge in [0.2, 0.25) is 0 Å². The van der Waals surface area contributed by atoms with E-state index in [0.29, 0.717) is 0 Å². The van der Waals surface area contributed by atoms with Crippen LogP contribution in [-0.4, -0.2) is 35.4 Å². The summed E-state index contributed by atoms with van der Waals surface area (Å²) < 4.78 is 39.8. The Morgan fingerprint density at radius 1 is 1.31 bits per heavy atom. The lowest BCUT2D eigenvalue weighted by molar-refractivity contribution is -0.141. The third-order valence-electron chi connectivity index (χ3n) is 3.43. The minimum Gasteiger partial charge on any atom is -0.480 e. The first-order valence-corrected chi connectivity index (χ1v) is 7.11. The van der Waals surface area contributed by atoms with Crippen LogP contribution in [0.25, 0.3) is 11.0 Å². The lowest BCUT2D eigenvalue weighted by atomic mass is 10.3. The summed E-state index contributed by atoms with van der Waals surface area (Å²) in [5.41, 5.74) is -1.22. The van der Waals surface area contributed by atoms with Gasteiger partial charge in [0.1, 0.15) is 17.8 Å². The molecule has 0 aliphatic carbocycles. The van der Waals surface area contributed by atoms with Crippen molar-refractivity contribution in [2.75, 3.05) is 5.32 Å². The Hall–Kier alpha value is -3.44. The van der Waals surface area contributed by atoms with Gasteiger partial charge in [0.15, 0.2) is 11.3 Å². The van der Waals surface area contributed by atoms with Gasteiger partial charge >= 0.3 is 12.1 Å². The Bertz CT molecular complexity index is 1040. The number of pyridine rings is 1. The molecule has 0 aliphatic rings. The third kappa shape index (κ3) is 3.20. The number of carboxylic acids is 1. The molecule has 26 heavy (non-hydrogen) atoms. The van der Waals surface area contributed by atoms with Crippen LogP contribution in [0.2, 0.25) is 0 Å². The van der Waals surface area contributed by atoms with E-state index in [9.17, 15) is 22.8 Å². The Kier molecular flexibility index (Phi) is 4.10. The molecule has 0 aliphatic heterocycles. The van der Waals surface area contributed by atoms with Gasteiger partial charge in [-0.1, -0.05) is 0 Å². The second-order valence-corrected chi connectivity index (χ2v) is 5.30. The highest BCUT2D eigenvalue weighted by Crippen LogP contribution is 2.28. The van der Waals surface area contributed by atoms with Gasteiger partial charge < -0.3 is 10.4 Å². The molecule has 3 rings (SSSR count). The smallest absolute Gasteiger partial charge is 0.433 e. The maximum absolute atomic E-state index is 12.5. The normalized spacial score (nSPS) is 11.7. The standard InChI is InChI=1S/C14H11F3N6O3/c1-22-11-10(19-6-23(13(11)26)5-9(24)25)12(21-22)20-7-2-3-8(18-4-7)14(15,16)17/h2-4,6H,5H2,1H3,(H,20,21)(H,24,25). The van der Waals surface area contributed by atoms with Crippen LogP contribution in [0.5, 0.6) is 0 Å². The van der Waals surface area contributed by atoms with E-state index in [0.717, 1.165) is 23.2 Å². The van der Waals surface area contributed by atoms with Crippen LogP contribution in [0.3, 0.4) is 0 Å². The lowest BCUT2D eigenvalue weighted by Crippen LogP contribution is -2.25. The number of aliphatic carboxylic acids is 1. The van der Waals surface area contributed by atoms with Crippen molar-refractivity contribution in [3.8, 4) is 0 Å². The maximum atomic E-state index is 12.5. The number of aryl methyl sites for hydroxylation is 1. The number of rotatable bonds is 4. The third-order valence-corrected chi connectivity index (χ3v) is 3.43. The molecular formula is C14H11F3N6O3. The molecule has 0 bridgehead atoms. The Morgan fingerprint density at radius 3 is 2.62 bits per heavy atom. The first-order valence-electron chi connectivity index (χ1n) is 7.11. The summed E-state index contributed by atoms with van der Waals surface area (Å²) in [5.74, 6) is -1.08. The molecule has 0 amide bonds. The first-order chi connectivity index (χ1) is 12.2. The number of carbonyl (C=O) groups is 1. The van der Waals surface area contributed by atoms with E-state index in [1.54, 1.807) is 0 Å². The second-order valence-electron chi connectivity index (χ2n) is 5.30. The summed E-state index contributed by atoms with van der Waals surface area (Å²) in [5, 5.41) is 15.6. The SMILES string of the molecule is Cn1nc(Nc2ccc(C(F)(F)F)nc2)c2ncn(CC(=O)O)c(=O)c21. The van der Waals surface area contributed by atoms with Crippen molar-refractivity contribution in [1.82, 2.24) is 24.3 Å². The van der Waals surface area contributed by atoms with E-state index in [1.165, 1.54) is 17.8 Å². The number of carboxylic acid groups (broad SMARTS) is 1. The predicted molar refractivity (Wildman–Crippen MR) is 82.9 cm³/mol. The average molecular weight is 368 g/mol. The molecule has 3 aromatic rings. The van der Waals surface area contributed by atoms with Crippen LogP contribution < -0.4 is 10.9 Å². The van der Waals surface area contributed by atoms with Crippen molar-refractivity contribution >= 4 is 28.5 Å². The summed E-state index contributed by atoms with van der Waals surface area (Å²) in [6.45, 7) is -0.557. The van der Waals surface area contributed by atoms with Crippen molar-refractivity contribution in [2.45, 2.75) is 12.7 Å². The van der Waals surface area contributed by atoms with Gasteiger partial charge in [-0.2, -0.15) is 18.3 Å². The predicted octanol–water partition coefficient (Wildman–Crippen LogP) is 1.37. The zero-order chi connectivity index (χ0) is 19.1. The highest BCUT2D eigenvalue weighted by Gasteiger charge is 2.32. The highest BCUT2D eigenvalue weighted by molar-refractivity contribution is 5.87. The summed E-state index contributed by atoms with van der Waals surface area (Å²) in [7, 11) is 1.46. The molecule has 0 radical (unpaired) electrons. The van der Waals surface area contributed by atoms with E-state index in [2.05, 4.69) is 20.4 Å². The maximum Gasteiger partial charge on any atom is 0.433 e. The molecule has 0 unspecified atom stereocenters. The van der Waals surface area contributed by atoms with E-state index in [-0.39, 0.29) is 22.5 Å². The summed E-state index contributed by atoms with van der Waals surface area (Å²) in [6, 6.07) is 1.97. The summed E-state index contributed by atoms with van der Waals surface area (Å²) in [6.07, 6.45) is -2.50. The van der Waals surface area contributed by atoms with Crippen molar-refractivity contribution in [3.63, 3.8) is 0 Å². The minimum absolute atomic E-state index is 0.0520. The van der Waals surface area contributed by atoms with Crippen LogP contribution in [0, 0.1) is 0 Å². The molecule has 0 spiro atoms. The molecule has 12 heteroatoms. The van der Waals surface area contributed by atoms with Gasteiger partial charge in [-0.15, -0.1) is 0 Å². The fourth-order valence-corrected chi connectivity index (χ4v) is 2.31. The monoisotopic (exact) mass is 368 g/mol. The number of hydrogen-bond donors (Lipinski definition) is 2. The summed E-state index contributed by atoms with van der Waals surface area (Å²) >= 11 is 0. The first kappa shape index (κ1) is 17.4. The molecule has 136 valence electrons. The van der Waals surface area contributed by atoms with Gasteiger partial charge in [0.05, 0.1) is 18.2 Å². The Labute approximate surface area is 142 Å². The molecule has 9 nitrogen and oxygen atoms in total. The van der Waals surface area contributed by atoms with Crippen molar-refractivity contribution < 1.29 is 23.1 Å². The Balaban J connectivity index is 1.98. The second kappa shape index (κ2) is 6.13. The van der Waals surface area contributed by atoms with E-state index < -0.39 is 29.9 Å². The number of aromatic nitrogens is 5. The van der Waals surface area contributed by atoms with Crippen LogP contribution in [0.4, 0.5) is 24.7 Å². The van der Waals surface area contributed by atoms with Crippen LogP contribution in [0.1, 0.15) is 5.69 Å². The highest BCUT2D eigenvalue weighted by atomic mass is 19.4. The van der Waals surface area contributed by atoms with Crippen LogP contribution in [-0.2, 0) is 24.6 Å². The van der Waals surface area contributed by atoms with E-state index >= 15 is 0 Å². The largest absolute Gasteiger partial charge is 0.480 e. The lowest BCUT2D eigenvalue weighted by Gasteiger charge is -2.07. The fraction of sp³-hybridized carbons (Fsp3) is 0.214. The zero-order valence-corrected chi connectivity index (χ0v) is 13.2. The van der Waals surface area contributed by atoms with Gasteiger partial charge in [0.25, 0.3) is 5.56 Å². The summed E-state index contributed by atoms with van der Waals surface area (Å²) in [4.78, 5) is 30.5. The van der Waals surface area contributed by atoms with Crippen molar-refractivity contribution in [2.24, 2.45) is 7.05 Å². The molecule has 0 fully saturated rings. The van der Waals surface area contributed by atoms with Crippen molar-refractivity contribution in [1.29, 1.82) is 0 Å².